The molecule has 1 aromatic rings. The lowest BCUT2D eigenvalue weighted by Gasteiger charge is -2.28. The summed E-state index contributed by atoms with van der Waals surface area (Å²) in [5.41, 5.74) is 0.747. The molecule has 7 heteroatoms. The van der Waals surface area contributed by atoms with Gasteiger partial charge in [0.2, 0.25) is 0 Å². The van der Waals surface area contributed by atoms with E-state index in [2.05, 4.69) is 6.58 Å². The van der Waals surface area contributed by atoms with Crippen LogP contribution < -0.4 is 4.90 Å². The first-order valence-corrected chi connectivity index (χ1v) is 5.97. The van der Waals surface area contributed by atoms with Crippen molar-refractivity contribution in [3.05, 3.63) is 52.3 Å². The third-order valence-electron chi connectivity index (χ3n) is 2.81. The van der Waals surface area contributed by atoms with Crippen LogP contribution in [-0.2, 0) is 4.74 Å². The van der Waals surface area contributed by atoms with E-state index < -0.39 is 17.1 Å². The van der Waals surface area contributed by atoms with E-state index in [0.29, 0.717) is 11.3 Å². The number of nitriles is 1. The second kappa shape index (κ2) is 5.46. The minimum absolute atomic E-state index is 0.0953. The monoisotopic (exact) mass is 285 g/mol. The number of carbonyl (C=O) groups is 1. The molecule has 0 bridgehead atoms. The average molecular weight is 285 g/mol. The Hall–Kier alpha value is -3.14. The SMILES string of the molecule is C=C(C)OC(=O)N1c2ccc([N+](=O)[O-])cc2C=CC1C#N. The maximum absolute atomic E-state index is 12.1. The Labute approximate surface area is 120 Å². The van der Waals surface area contributed by atoms with E-state index in [4.69, 9.17) is 10.00 Å². The van der Waals surface area contributed by atoms with Gasteiger partial charge in [-0.05, 0) is 19.1 Å². The van der Waals surface area contributed by atoms with Crippen molar-refractivity contribution in [2.45, 2.75) is 13.0 Å². The van der Waals surface area contributed by atoms with Crippen molar-refractivity contribution in [1.82, 2.24) is 0 Å². The van der Waals surface area contributed by atoms with E-state index in [1.807, 2.05) is 6.07 Å². The number of ether oxygens (including phenoxy) is 1. The lowest BCUT2D eigenvalue weighted by atomic mass is 10.0. The van der Waals surface area contributed by atoms with Gasteiger partial charge in [0.25, 0.3) is 5.69 Å². The largest absolute Gasteiger partial charge is 0.420 e. The molecule has 106 valence electrons. The number of nitrogens with zero attached hydrogens (tertiary/aromatic N) is 3. The zero-order valence-electron chi connectivity index (χ0n) is 11.1. The van der Waals surface area contributed by atoms with Gasteiger partial charge < -0.3 is 4.74 Å². The molecule has 1 atom stereocenters. The van der Waals surface area contributed by atoms with Crippen molar-refractivity contribution in [2.75, 3.05) is 4.90 Å². The van der Waals surface area contributed by atoms with Crippen LogP contribution in [0.1, 0.15) is 12.5 Å². The van der Waals surface area contributed by atoms with E-state index in [1.165, 1.54) is 31.2 Å². The lowest BCUT2D eigenvalue weighted by Crippen LogP contribution is -2.40. The Morgan fingerprint density at radius 1 is 1.57 bits per heavy atom. The third kappa shape index (κ3) is 2.74. The molecule has 0 radical (unpaired) electrons. The molecule has 1 heterocycles. The lowest BCUT2D eigenvalue weighted by molar-refractivity contribution is -0.384. The fraction of sp³-hybridized carbons (Fsp3) is 0.143. The van der Waals surface area contributed by atoms with E-state index in [0.717, 1.165) is 4.90 Å². The predicted octanol–water partition coefficient (Wildman–Crippen LogP) is 2.99. The number of rotatable bonds is 2. The summed E-state index contributed by atoms with van der Waals surface area (Å²) in [5, 5.41) is 19.9. The van der Waals surface area contributed by atoms with Gasteiger partial charge in [0.1, 0.15) is 6.04 Å². The van der Waals surface area contributed by atoms with E-state index in [-0.39, 0.29) is 11.4 Å². The predicted molar refractivity (Wildman–Crippen MR) is 75.3 cm³/mol. The van der Waals surface area contributed by atoms with Gasteiger partial charge in [0, 0.05) is 17.7 Å². The molecule has 1 aromatic carbocycles. The van der Waals surface area contributed by atoms with Crippen LogP contribution >= 0.6 is 0 Å². The maximum Gasteiger partial charge on any atom is 0.420 e. The third-order valence-corrected chi connectivity index (χ3v) is 2.81. The molecule has 0 aromatic heterocycles. The number of nitro groups is 1. The summed E-state index contributed by atoms with van der Waals surface area (Å²) in [5.74, 6) is 0.190. The van der Waals surface area contributed by atoms with E-state index in [1.54, 1.807) is 6.08 Å². The van der Waals surface area contributed by atoms with Gasteiger partial charge in [-0.2, -0.15) is 5.26 Å². The molecule has 0 saturated heterocycles. The fourth-order valence-electron chi connectivity index (χ4n) is 1.95. The molecule has 21 heavy (non-hydrogen) atoms. The van der Waals surface area contributed by atoms with Crippen LogP contribution in [-0.4, -0.2) is 17.1 Å². The minimum atomic E-state index is -0.842. The summed E-state index contributed by atoms with van der Waals surface area (Å²) in [7, 11) is 0. The number of carbonyl (C=O) groups excluding carboxylic acids is 1. The van der Waals surface area contributed by atoms with Gasteiger partial charge in [0.15, 0.2) is 0 Å². The number of hydrogen-bond donors (Lipinski definition) is 0. The number of fused-ring (bicyclic) bond motifs is 1. The first-order chi connectivity index (χ1) is 9.93. The summed E-state index contributed by atoms with van der Waals surface area (Å²) in [6, 6.07) is 5.14. The Kier molecular flexibility index (Phi) is 3.71. The number of hydrogen-bond acceptors (Lipinski definition) is 5. The molecule has 0 N–H and O–H groups in total. The van der Waals surface area contributed by atoms with Crippen LogP contribution in [0.2, 0.25) is 0 Å². The Bertz CT molecular complexity index is 703. The minimum Gasteiger partial charge on any atom is -0.415 e. The summed E-state index contributed by atoms with van der Waals surface area (Å²) in [6.45, 7) is 4.98. The number of amides is 1. The molecular weight excluding hydrogens is 274 g/mol. The van der Waals surface area contributed by atoms with E-state index >= 15 is 0 Å². The second-order valence-electron chi connectivity index (χ2n) is 4.37. The Morgan fingerprint density at radius 3 is 2.86 bits per heavy atom. The van der Waals surface area contributed by atoms with Crippen molar-refractivity contribution in [1.29, 1.82) is 5.26 Å². The first kappa shape index (κ1) is 14.3. The van der Waals surface area contributed by atoms with Crippen molar-refractivity contribution in [2.24, 2.45) is 0 Å². The molecule has 2 rings (SSSR count). The van der Waals surface area contributed by atoms with E-state index in [9.17, 15) is 14.9 Å². The standard InChI is InChI=1S/C14H11N3O4/c1-9(2)21-14(18)16-12(8-15)4-3-10-7-11(17(19)20)5-6-13(10)16/h3-7,12H,1H2,2H3. The van der Waals surface area contributed by atoms with Crippen LogP contribution in [0.3, 0.4) is 0 Å². The Morgan fingerprint density at radius 2 is 2.29 bits per heavy atom. The fourth-order valence-corrected chi connectivity index (χ4v) is 1.95. The molecule has 0 fully saturated rings. The van der Waals surface area contributed by atoms with Gasteiger partial charge >= 0.3 is 6.09 Å². The van der Waals surface area contributed by atoms with Gasteiger partial charge in [-0.15, -0.1) is 0 Å². The van der Waals surface area contributed by atoms with Gasteiger partial charge in [-0.25, -0.2) is 4.79 Å². The number of anilines is 1. The second-order valence-corrected chi connectivity index (χ2v) is 4.37. The van der Waals surface area contributed by atoms with Gasteiger partial charge in [-0.3, -0.25) is 15.0 Å². The van der Waals surface area contributed by atoms with Crippen molar-refractivity contribution >= 4 is 23.5 Å². The smallest absolute Gasteiger partial charge is 0.415 e. The Balaban J connectivity index is 2.48. The number of non-ortho nitro benzene ring substituents is 1. The summed E-state index contributed by atoms with van der Waals surface area (Å²) in [4.78, 5) is 23.5. The molecule has 0 aliphatic carbocycles. The summed E-state index contributed by atoms with van der Waals surface area (Å²) >= 11 is 0. The molecule has 1 unspecified atom stereocenters. The molecule has 0 saturated carbocycles. The summed E-state index contributed by atoms with van der Waals surface area (Å²) in [6.07, 6.45) is 2.29. The van der Waals surface area contributed by atoms with Gasteiger partial charge in [-0.1, -0.05) is 12.7 Å². The molecule has 1 aliphatic rings. The molecule has 1 aliphatic heterocycles. The molecule has 7 nitrogen and oxygen atoms in total. The van der Waals surface area contributed by atoms with Crippen LogP contribution in [0, 0.1) is 21.4 Å². The zero-order chi connectivity index (χ0) is 15.6. The maximum atomic E-state index is 12.1. The topological polar surface area (TPSA) is 96.5 Å². The first-order valence-electron chi connectivity index (χ1n) is 5.97. The average Bonchev–Trinajstić information content (AvgIpc) is 2.44. The quantitative estimate of drug-likeness (QED) is 0.472. The summed E-state index contributed by atoms with van der Waals surface area (Å²) < 4.78 is 4.93. The number of allylic oxidation sites excluding steroid dienone is 1. The zero-order valence-corrected chi connectivity index (χ0v) is 11.1. The normalized spacial score (nSPS) is 15.8. The van der Waals surface area contributed by atoms with Crippen LogP contribution in [0.15, 0.2) is 36.6 Å². The highest BCUT2D eigenvalue weighted by atomic mass is 16.6. The molecular formula is C14H11N3O4. The highest BCUT2D eigenvalue weighted by molar-refractivity contribution is 5.95. The highest BCUT2D eigenvalue weighted by Crippen LogP contribution is 2.32. The van der Waals surface area contributed by atoms with Gasteiger partial charge in [0.05, 0.1) is 22.4 Å². The van der Waals surface area contributed by atoms with Crippen molar-refractivity contribution in [3.63, 3.8) is 0 Å². The number of benzene rings is 1. The van der Waals surface area contributed by atoms with Crippen LogP contribution in [0.4, 0.5) is 16.2 Å². The highest BCUT2D eigenvalue weighted by Gasteiger charge is 2.30. The number of nitro benzene ring substituents is 1. The molecule has 1 amide bonds. The van der Waals surface area contributed by atoms with Crippen LogP contribution in [0.25, 0.3) is 6.08 Å². The van der Waals surface area contributed by atoms with Crippen molar-refractivity contribution in [3.8, 4) is 6.07 Å². The van der Waals surface area contributed by atoms with Crippen molar-refractivity contribution < 1.29 is 14.5 Å². The molecule has 0 spiro atoms. The van der Waals surface area contributed by atoms with Crippen LogP contribution in [0.5, 0.6) is 0 Å².